The summed E-state index contributed by atoms with van der Waals surface area (Å²) in [6.07, 6.45) is 0.263. The molecule has 2 rings (SSSR count). The Bertz CT molecular complexity index is 522. The molecular weight excluding hydrogens is 260 g/mol. The van der Waals surface area contributed by atoms with E-state index in [1.807, 2.05) is 35.7 Å². The maximum Gasteiger partial charge on any atom is 0.129 e. The van der Waals surface area contributed by atoms with E-state index in [-0.39, 0.29) is 0 Å². The Labute approximate surface area is 117 Å². The van der Waals surface area contributed by atoms with Crippen LogP contribution < -0.4 is 9.47 Å². The van der Waals surface area contributed by atoms with Gasteiger partial charge in [0, 0.05) is 15.8 Å². The van der Waals surface area contributed by atoms with E-state index in [2.05, 4.69) is 6.92 Å². The summed E-state index contributed by atoms with van der Waals surface area (Å²) >= 11 is 1.48. The van der Waals surface area contributed by atoms with Crippen LogP contribution >= 0.6 is 11.3 Å². The molecule has 0 aliphatic heterocycles. The van der Waals surface area contributed by atoms with Gasteiger partial charge in [-0.2, -0.15) is 0 Å². The van der Waals surface area contributed by atoms with Crippen molar-refractivity contribution in [3.05, 3.63) is 46.2 Å². The number of benzene rings is 1. The second kappa shape index (κ2) is 6.59. The standard InChI is InChI=1S/C15H18O3S/c1-3-8-18-13-7-5-4-6-12(13)15(16)14-9-11(17-2)10-19-14/h4-7,9-10,15-16H,3,8H2,1-2H3. The number of hydrogen-bond acceptors (Lipinski definition) is 4. The Kier molecular flexibility index (Phi) is 4.82. The monoisotopic (exact) mass is 278 g/mol. The third-order valence-corrected chi connectivity index (χ3v) is 3.74. The number of rotatable bonds is 6. The van der Waals surface area contributed by atoms with Crippen molar-refractivity contribution < 1.29 is 14.6 Å². The fourth-order valence-corrected chi connectivity index (χ4v) is 2.64. The summed E-state index contributed by atoms with van der Waals surface area (Å²) in [6.45, 7) is 2.71. The van der Waals surface area contributed by atoms with E-state index in [4.69, 9.17) is 9.47 Å². The van der Waals surface area contributed by atoms with Crippen molar-refractivity contribution in [3.8, 4) is 11.5 Å². The van der Waals surface area contributed by atoms with E-state index < -0.39 is 6.10 Å². The normalized spacial score (nSPS) is 12.2. The molecule has 1 atom stereocenters. The smallest absolute Gasteiger partial charge is 0.129 e. The Morgan fingerprint density at radius 1 is 1.32 bits per heavy atom. The first-order valence-corrected chi connectivity index (χ1v) is 7.16. The maximum atomic E-state index is 10.5. The molecule has 1 unspecified atom stereocenters. The molecule has 0 saturated carbocycles. The van der Waals surface area contributed by atoms with Gasteiger partial charge in [-0.15, -0.1) is 11.3 Å². The molecule has 4 heteroatoms. The molecule has 1 heterocycles. The van der Waals surface area contributed by atoms with Crippen molar-refractivity contribution in [2.75, 3.05) is 13.7 Å². The molecule has 1 aromatic carbocycles. The summed E-state index contributed by atoms with van der Waals surface area (Å²) in [5, 5.41) is 12.3. The molecule has 0 saturated heterocycles. The van der Waals surface area contributed by atoms with Crippen molar-refractivity contribution in [1.29, 1.82) is 0 Å². The Hall–Kier alpha value is -1.52. The summed E-state index contributed by atoms with van der Waals surface area (Å²) < 4.78 is 10.8. The minimum Gasteiger partial charge on any atom is -0.496 e. The van der Waals surface area contributed by atoms with Crippen LogP contribution in [0.15, 0.2) is 35.7 Å². The van der Waals surface area contributed by atoms with Gasteiger partial charge in [-0.1, -0.05) is 25.1 Å². The zero-order valence-corrected chi connectivity index (χ0v) is 11.9. The molecule has 1 aromatic heterocycles. The minimum absolute atomic E-state index is 0.650. The molecular formula is C15H18O3S. The van der Waals surface area contributed by atoms with Crippen LogP contribution in [0.3, 0.4) is 0 Å². The van der Waals surface area contributed by atoms with Crippen LogP contribution in [-0.4, -0.2) is 18.8 Å². The van der Waals surface area contributed by atoms with Crippen LogP contribution in [0.4, 0.5) is 0 Å². The Morgan fingerprint density at radius 2 is 2.11 bits per heavy atom. The van der Waals surface area contributed by atoms with Gasteiger partial charge in [-0.25, -0.2) is 0 Å². The highest BCUT2D eigenvalue weighted by Crippen LogP contribution is 2.35. The van der Waals surface area contributed by atoms with Crippen LogP contribution in [-0.2, 0) is 0 Å². The lowest BCUT2D eigenvalue weighted by Crippen LogP contribution is -2.03. The van der Waals surface area contributed by atoms with Gasteiger partial charge in [0.1, 0.15) is 17.6 Å². The molecule has 3 nitrogen and oxygen atoms in total. The lowest BCUT2D eigenvalue weighted by molar-refractivity contribution is 0.214. The summed E-state index contributed by atoms with van der Waals surface area (Å²) in [7, 11) is 1.62. The SMILES string of the molecule is CCCOc1ccccc1C(O)c1cc(OC)cs1. The molecule has 0 radical (unpaired) electrons. The molecule has 0 spiro atoms. The first kappa shape index (κ1) is 13.9. The summed E-state index contributed by atoms with van der Waals surface area (Å²) in [5.41, 5.74) is 0.792. The lowest BCUT2D eigenvalue weighted by Gasteiger charge is -2.14. The molecule has 0 aliphatic rings. The molecule has 0 bridgehead atoms. The van der Waals surface area contributed by atoms with Gasteiger partial charge >= 0.3 is 0 Å². The van der Waals surface area contributed by atoms with Gasteiger partial charge in [0.15, 0.2) is 0 Å². The van der Waals surface area contributed by atoms with Gasteiger partial charge in [0.05, 0.1) is 13.7 Å². The van der Waals surface area contributed by atoms with Crippen molar-refractivity contribution in [2.45, 2.75) is 19.4 Å². The van der Waals surface area contributed by atoms with Crippen LogP contribution in [0.5, 0.6) is 11.5 Å². The Balaban J connectivity index is 2.24. The van der Waals surface area contributed by atoms with Crippen molar-refractivity contribution in [2.24, 2.45) is 0 Å². The van der Waals surface area contributed by atoms with Crippen LogP contribution in [0, 0.1) is 0 Å². The minimum atomic E-state index is -0.679. The average molecular weight is 278 g/mol. The van der Waals surface area contributed by atoms with Crippen LogP contribution in [0.1, 0.15) is 29.9 Å². The van der Waals surface area contributed by atoms with E-state index >= 15 is 0 Å². The van der Waals surface area contributed by atoms with Crippen molar-refractivity contribution in [1.82, 2.24) is 0 Å². The van der Waals surface area contributed by atoms with E-state index in [1.54, 1.807) is 7.11 Å². The molecule has 0 amide bonds. The summed E-state index contributed by atoms with van der Waals surface area (Å²) in [4.78, 5) is 0.851. The predicted molar refractivity (Wildman–Crippen MR) is 77.2 cm³/mol. The zero-order chi connectivity index (χ0) is 13.7. The van der Waals surface area contributed by atoms with Crippen LogP contribution in [0.2, 0.25) is 0 Å². The zero-order valence-electron chi connectivity index (χ0n) is 11.1. The fraction of sp³-hybridized carbons (Fsp3) is 0.333. The second-order valence-electron chi connectivity index (χ2n) is 4.18. The Morgan fingerprint density at radius 3 is 2.79 bits per heavy atom. The quantitative estimate of drug-likeness (QED) is 0.877. The first-order chi connectivity index (χ1) is 9.26. The number of aliphatic hydroxyl groups excluding tert-OH is 1. The molecule has 0 aliphatic carbocycles. The van der Waals surface area contributed by atoms with Crippen molar-refractivity contribution in [3.63, 3.8) is 0 Å². The molecule has 0 fully saturated rings. The second-order valence-corrected chi connectivity index (χ2v) is 5.12. The highest BCUT2D eigenvalue weighted by molar-refractivity contribution is 7.10. The van der Waals surface area contributed by atoms with Crippen LogP contribution in [0.25, 0.3) is 0 Å². The topological polar surface area (TPSA) is 38.7 Å². The third kappa shape index (κ3) is 3.28. The van der Waals surface area contributed by atoms with Gasteiger partial charge in [0.25, 0.3) is 0 Å². The number of ether oxygens (including phenoxy) is 2. The average Bonchev–Trinajstić information content (AvgIpc) is 2.93. The number of aliphatic hydroxyl groups is 1. The number of methoxy groups -OCH3 is 1. The number of hydrogen-bond donors (Lipinski definition) is 1. The predicted octanol–water partition coefficient (Wildman–Crippen LogP) is 3.63. The molecule has 2 aromatic rings. The molecule has 102 valence electrons. The first-order valence-electron chi connectivity index (χ1n) is 6.28. The highest BCUT2D eigenvalue weighted by Gasteiger charge is 2.17. The summed E-state index contributed by atoms with van der Waals surface area (Å²) in [5.74, 6) is 1.51. The van der Waals surface area contributed by atoms with Crippen molar-refractivity contribution >= 4 is 11.3 Å². The van der Waals surface area contributed by atoms with Gasteiger partial charge in [0.2, 0.25) is 0 Å². The third-order valence-electron chi connectivity index (χ3n) is 2.78. The van der Waals surface area contributed by atoms with E-state index in [9.17, 15) is 5.11 Å². The van der Waals surface area contributed by atoms with E-state index in [0.717, 1.165) is 28.4 Å². The van der Waals surface area contributed by atoms with E-state index in [0.29, 0.717) is 6.61 Å². The fourth-order valence-electron chi connectivity index (χ4n) is 1.79. The summed E-state index contributed by atoms with van der Waals surface area (Å²) in [6, 6.07) is 9.45. The number of thiophene rings is 1. The van der Waals surface area contributed by atoms with Gasteiger partial charge in [-0.3, -0.25) is 0 Å². The van der Waals surface area contributed by atoms with E-state index in [1.165, 1.54) is 11.3 Å². The lowest BCUT2D eigenvalue weighted by atomic mass is 10.1. The highest BCUT2D eigenvalue weighted by atomic mass is 32.1. The number of para-hydroxylation sites is 1. The maximum absolute atomic E-state index is 10.5. The molecule has 19 heavy (non-hydrogen) atoms. The molecule has 1 N–H and O–H groups in total. The van der Waals surface area contributed by atoms with Gasteiger partial charge in [-0.05, 0) is 18.6 Å². The van der Waals surface area contributed by atoms with Gasteiger partial charge < -0.3 is 14.6 Å². The largest absolute Gasteiger partial charge is 0.496 e.